The number of rotatable bonds is 10. The molecule has 2 atom stereocenters. The number of allylic oxidation sites excluding steroid dienone is 2. The summed E-state index contributed by atoms with van der Waals surface area (Å²) in [5, 5.41) is 22.0. The van der Waals surface area contributed by atoms with Gasteiger partial charge < -0.3 is 21.1 Å². The van der Waals surface area contributed by atoms with Crippen LogP contribution < -0.4 is 16.0 Å². The first kappa shape index (κ1) is 29.8. The Hall–Kier alpha value is -3.67. The molecule has 0 heterocycles. The number of benzene rings is 3. The molecule has 0 bridgehead atoms. The highest BCUT2D eigenvalue weighted by Gasteiger charge is 2.39. The fraction of sp³-hybridized carbons (Fsp3) is 0.378. The van der Waals surface area contributed by atoms with Crippen LogP contribution in [0, 0.1) is 5.92 Å². The molecule has 1 fully saturated rings. The van der Waals surface area contributed by atoms with Crippen LogP contribution in [0.25, 0.3) is 5.57 Å². The molecule has 2 aliphatic carbocycles. The van der Waals surface area contributed by atoms with Gasteiger partial charge in [-0.1, -0.05) is 97.1 Å². The molecule has 5 heteroatoms. The first-order valence-corrected chi connectivity index (χ1v) is 15.5. The number of hydrogen-bond donors (Lipinski definition) is 4. The zero-order valence-electron chi connectivity index (χ0n) is 25.1. The third-order valence-electron chi connectivity index (χ3n) is 9.25. The van der Waals surface area contributed by atoms with Crippen LogP contribution >= 0.6 is 0 Å². The van der Waals surface area contributed by atoms with Crippen molar-refractivity contribution in [1.82, 2.24) is 16.0 Å². The number of amides is 2. The molecule has 0 aliphatic heterocycles. The maximum absolute atomic E-state index is 13.1. The predicted octanol–water partition coefficient (Wildman–Crippen LogP) is 7.25. The zero-order chi connectivity index (χ0) is 29.5. The Kier molecular flexibility index (Phi) is 9.61. The van der Waals surface area contributed by atoms with E-state index in [1.807, 2.05) is 67.6 Å². The molecule has 4 N–H and O–H groups in total. The highest BCUT2D eigenvalue weighted by atomic mass is 16.3. The van der Waals surface area contributed by atoms with Crippen molar-refractivity contribution in [1.29, 1.82) is 0 Å². The molecule has 220 valence electrons. The van der Waals surface area contributed by atoms with E-state index in [9.17, 15) is 9.90 Å². The maximum atomic E-state index is 13.1. The lowest BCUT2D eigenvalue weighted by Gasteiger charge is -2.36. The van der Waals surface area contributed by atoms with Gasteiger partial charge in [0.15, 0.2) is 0 Å². The van der Waals surface area contributed by atoms with Gasteiger partial charge in [0, 0.05) is 6.04 Å². The van der Waals surface area contributed by atoms with E-state index < -0.39 is 11.6 Å². The molecule has 42 heavy (non-hydrogen) atoms. The highest BCUT2D eigenvalue weighted by molar-refractivity contribution is 5.79. The van der Waals surface area contributed by atoms with E-state index in [1.165, 1.54) is 22.3 Å². The second-order valence-corrected chi connectivity index (χ2v) is 11.9. The monoisotopic (exact) mass is 563 g/mol. The van der Waals surface area contributed by atoms with Crippen molar-refractivity contribution < 1.29 is 9.90 Å². The molecule has 5 nitrogen and oxygen atoms in total. The maximum Gasteiger partial charge on any atom is 0.315 e. The molecule has 0 aromatic heterocycles. The fourth-order valence-corrected chi connectivity index (χ4v) is 6.86. The quantitative estimate of drug-likeness (QED) is 0.210. The standard InChI is InChI=1S/C37H45N3O2/c1-4-13-33-26(2)32-18-11-12-19-34(32)35(33)38-25-24-28-20-22-31(23-21-28)40-36(41)39-27(3)37(42,29-14-7-5-8-15-29)30-16-9-6-10-17-30/h4-19,27-28,31,35,38,42H,20-25H2,1-3H3,(H2,39,40,41)/t27-,28-,31-,35?/m1/s1. The molecule has 5 rings (SSSR count). The molecule has 1 unspecified atom stereocenters. The second-order valence-electron chi connectivity index (χ2n) is 11.9. The Morgan fingerprint density at radius 1 is 0.929 bits per heavy atom. The minimum absolute atomic E-state index is 0.150. The lowest BCUT2D eigenvalue weighted by molar-refractivity contribution is 0.0470. The van der Waals surface area contributed by atoms with E-state index in [-0.39, 0.29) is 18.1 Å². The summed E-state index contributed by atoms with van der Waals surface area (Å²) < 4.78 is 0. The first-order chi connectivity index (χ1) is 20.4. The topological polar surface area (TPSA) is 73.4 Å². The van der Waals surface area contributed by atoms with Gasteiger partial charge in [-0.15, -0.1) is 0 Å². The van der Waals surface area contributed by atoms with Crippen LogP contribution in [0.15, 0.2) is 103 Å². The summed E-state index contributed by atoms with van der Waals surface area (Å²) in [5.74, 6) is 0.658. The van der Waals surface area contributed by atoms with Crippen LogP contribution in [0.1, 0.15) is 81.2 Å². The van der Waals surface area contributed by atoms with Gasteiger partial charge in [-0.2, -0.15) is 0 Å². The lowest BCUT2D eigenvalue weighted by Crippen LogP contribution is -2.54. The summed E-state index contributed by atoms with van der Waals surface area (Å²) in [6.07, 6.45) is 9.69. The smallest absolute Gasteiger partial charge is 0.315 e. The molecular formula is C37H45N3O2. The van der Waals surface area contributed by atoms with Gasteiger partial charge >= 0.3 is 6.03 Å². The predicted molar refractivity (Wildman–Crippen MR) is 172 cm³/mol. The number of fused-ring (bicyclic) bond motifs is 1. The average molecular weight is 564 g/mol. The molecule has 1 saturated carbocycles. The highest BCUT2D eigenvalue weighted by Crippen LogP contribution is 2.41. The van der Waals surface area contributed by atoms with Crippen LogP contribution in [0.2, 0.25) is 0 Å². The largest absolute Gasteiger partial charge is 0.378 e. The number of aliphatic hydroxyl groups is 1. The molecule has 0 saturated heterocycles. The van der Waals surface area contributed by atoms with Crippen LogP contribution in [-0.2, 0) is 5.60 Å². The molecule has 2 aliphatic rings. The Bertz CT molecular complexity index is 1350. The summed E-state index contributed by atoms with van der Waals surface area (Å²) >= 11 is 0. The van der Waals surface area contributed by atoms with Crippen LogP contribution in [0.3, 0.4) is 0 Å². The normalized spacial score (nSPS) is 21.3. The molecule has 0 radical (unpaired) electrons. The molecule has 3 aromatic carbocycles. The van der Waals surface area contributed by atoms with E-state index >= 15 is 0 Å². The van der Waals surface area contributed by atoms with Crippen LogP contribution in [0.5, 0.6) is 0 Å². The van der Waals surface area contributed by atoms with Crippen molar-refractivity contribution in [3.05, 3.63) is 125 Å². The Morgan fingerprint density at radius 2 is 1.52 bits per heavy atom. The van der Waals surface area contributed by atoms with Crippen molar-refractivity contribution in [3.8, 4) is 0 Å². The minimum Gasteiger partial charge on any atom is -0.378 e. The summed E-state index contributed by atoms with van der Waals surface area (Å²) in [6, 6.07) is 27.5. The lowest BCUT2D eigenvalue weighted by atomic mass is 9.81. The van der Waals surface area contributed by atoms with Crippen molar-refractivity contribution in [2.45, 2.75) is 76.6 Å². The van der Waals surface area contributed by atoms with Gasteiger partial charge in [0.2, 0.25) is 0 Å². The molecular weight excluding hydrogens is 518 g/mol. The van der Waals surface area contributed by atoms with Gasteiger partial charge in [-0.3, -0.25) is 0 Å². The Balaban J connectivity index is 1.11. The fourth-order valence-electron chi connectivity index (χ4n) is 6.86. The zero-order valence-corrected chi connectivity index (χ0v) is 25.1. The van der Waals surface area contributed by atoms with Gasteiger partial charge in [-0.25, -0.2) is 4.79 Å². The number of carbonyl (C=O) groups excluding carboxylic acids is 1. The number of nitrogens with one attached hydrogen (secondary N) is 3. The van der Waals surface area contributed by atoms with E-state index in [0.717, 1.165) is 49.8 Å². The van der Waals surface area contributed by atoms with Gasteiger partial charge in [0.25, 0.3) is 0 Å². The SMILES string of the molecule is CC=CC1=C(C)c2ccccc2C1NCC[C@H]1CC[C@H](NC(=O)N[C@H](C)C(O)(c2ccccc2)c2ccccc2)CC1. The third-order valence-corrected chi connectivity index (χ3v) is 9.25. The summed E-state index contributed by atoms with van der Waals surface area (Å²) in [5.41, 5.74) is 5.64. The summed E-state index contributed by atoms with van der Waals surface area (Å²) in [7, 11) is 0. The van der Waals surface area contributed by atoms with Crippen molar-refractivity contribution in [2.75, 3.05) is 6.54 Å². The minimum atomic E-state index is -1.34. The van der Waals surface area contributed by atoms with Crippen LogP contribution in [-0.4, -0.2) is 29.8 Å². The third kappa shape index (κ3) is 6.38. The van der Waals surface area contributed by atoms with Crippen molar-refractivity contribution >= 4 is 11.6 Å². The van der Waals surface area contributed by atoms with Crippen molar-refractivity contribution in [2.24, 2.45) is 5.92 Å². The van der Waals surface area contributed by atoms with Gasteiger partial charge in [-0.05, 0) is 98.7 Å². The van der Waals surface area contributed by atoms with Crippen molar-refractivity contribution in [3.63, 3.8) is 0 Å². The van der Waals surface area contributed by atoms with E-state index in [0.29, 0.717) is 5.92 Å². The summed E-state index contributed by atoms with van der Waals surface area (Å²) in [4.78, 5) is 13.1. The molecule has 3 aromatic rings. The Labute approximate surface area is 251 Å². The molecule has 0 spiro atoms. The van der Waals surface area contributed by atoms with Gasteiger partial charge in [0.1, 0.15) is 5.60 Å². The molecule has 2 amide bonds. The van der Waals surface area contributed by atoms with Crippen LogP contribution in [0.4, 0.5) is 4.79 Å². The van der Waals surface area contributed by atoms with E-state index in [4.69, 9.17) is 0 Å². The summed E-state index contributed by atoms with van der Waals surface area (Å²) in [6.45, 7) is 7.15. The first-order valence-electron chi connectivity index (χ1n) is 15.5. The number of carbonyl (C=O) groups is 1. The average Bonchev–Trinajstić information content (AvgIpc) is 3.29. The number of hydrogen-bond acceptors (Lipinski definition) is 3. The second kappa shape index (κ2) is 13.5. The van der Waals surface area contributed by atoms with E-state index in [1.54, 1.807) is 0 Å². The van der Waals surface area contributed by atoms with Gasteiger partial charge in [0.05, 0.1) is 12.1 Å². The van der Waals surface area contributed by atoms with E-state index in [2.05, 4.69) is 66.2 Å². The number of urea groups is 1. The Morgan fingerprint density at radius 3 is 2.14 bits per heavy atom.